The third-order valence-electron chi connectivity index (χ3n) is 8.86. The summed E-state index contributed by atoms with van der Waals surface area (Å²) < 4.78 is 27.2. The minimum absolute atomic E-state index is 0.112. The first-order valence-corrected chi connectivity index (χ1v) is 15.4. The Morgan fingerprint density at radius 1 is 0.957 bits per heavy atom. The molecule has 0 amide bonds. The second kappa shape index (κ2) is 13.0. The lowest BCUT2D eigenvalue weighted by Gasteiger charge is -2.41. The number of hydrogen-bond acceptors (Lipinski definition) is 9. The highest BCUT2D eigenvalue weighted by molar-refractivity contribution is 5.81. The van der Waals surface area contributed by atoms with Gasteiger partial charge in [-0.15, -0.1) is 5.10 Å². The standard InChI is InChI=1S/C34H40N6O6/c1-34(2,45-5)29-22-37(18-19-46-29)24-10-11-25-26(21-24)35-30(14-17-40-33(42)39-15-7-6-8-31(39)36-40)38(32(25)41)16-13-23-9-12-27(43-3)28(20-23)44-4/h6-12,15,20-21,29H,13-14,16-19,22H2,1-5H3. The molecular formula is C34H40N6O6. The topological polar surface area (TPSA) is 114 Å². The number of ether oxygens (including phenoxy) is 4. The number of rotatable bonds is 11. The number of benzene rings is 2. The van der Waals surface area contributed by atoms with Crippen molar-refractivity contribution in [2.45, 2.75) is 51.5 Å². The summed E-state index contributed by atoms with van der Waals surface area (Å²) in [6.07, 6.45) is 2.49. The van der Waals surface area contributed by atoms with Crippen molar-refractivity contribution in [3.8, 4) is 11.5 Å². The smallest absolute Gasteiger partial charge is 0.350 e. The van der Waals surface area contributed by atoms with Crippen LogP contribution in [0.4, 0.5) is 5.69 Å². The van der Waals surface area contributed by atoms with Gasteiger partial charge in [-0.1, -0.05) is 12.1 Å². The number of fused-ring (bicyclic) bond motifs is 2. The Hall–Kier alpha value is -4.68. The van der Waals surface area contributed by atoms with Crippen molar-refractivity contribution in [1.29, 1.82) is 0 Å². The van der Waals surface area contributed by atoms with Crippen LogP contribution in [-0.2, 0) is 35.4 Å². The molecule has 1 aliphatic rings. The zero-order chi connectivity index (χ0) is 32.4. The first kappa shape index (κ1) is 31.3. The highest BCUT2D eigenvalue weighted by Gasteiger charge is 2.34. The Balaban J connectivity index is 1.35. The molecule has 1 fully saturated rings. The van der Waals surface area contributed by atoms with Crippen molar-refractivity contribution in [1.82, 2.24) is 23.7 Å². The lowest BCUT2D eigenvalue weighted by atomic mass is 9.99. The van der Waals surface area contributed by atoms with Crippen LogP contribution < -0.4 is 25.6 Å². The van der Waals surface area contributed by atoms with E-state index < -0.39 is 5.60 Å². The molecule has 0 saturated carbocycles. The molecule has 12 nitrogen and oxygen atoms in total. The van der Waals surface area contributed by atoms with Gasteiger partial charge in [-0.3, -0.25) is 13.8 Å². The van der Waals surface area contributed by atoms with Crippen molar-refractivity contribution in [2.24, 2.45) is 0 Å². The maximum absolute atomic E-state index is 14.1. The molecule has 0 radical (unpaired) electrons. The minimum Gasteiger partial charge on any atom is -0.493 e. The second-order valence-electron chi connectivity index (χ2n) is 11.9. The first-order chi connectivity index (χ1) is 22.2. The van der Waals surface area contributed by atoms with Gasteiger partial charge in [-0.2, -0.15) is 0 Å². The Bertz CT molecular complexity index is 1980. The molecule has 1 saturated heterocycles. The van der Waals surface area contributed by atoms with Crippen molar-refractivity contribution in [2.75, 3.05) is 45.9 Å². The van der Waals surface area contributed by atoms with Gasteiger partial charge >= 0.3 is 5.69 Å². The van der Waals surface area contributed by atoms with Gasteiger partial charge in [0, 0.05) is 45.0 Å². The normalized spacial score (nSPS) is 15.5. The number of morpholine rings is 1. The maximum Gasteiger partial charge on any atom is 0.350 e. The van der Waals surface area contributed by atoms with Crippen molar-refractivity contribution in [3.05, 3.63) is 93.0 Å². The molecule has 1 atom stereocenters. The van der Waals surface area contributed by atoms with E-state index in [2.05, 4.69) is 10.00 Å². The van der Waals surface area contributed by atoms with E-state index in [0.717, 1.165) is 11.3 Å². The number of aromatic nitrogens is 5. The van der Waals surface area contributed by atoms with Gasteiger partial charge in [0.1, 0.15) is 11.9 Å². The summed E-state index contributed by atoms with van der Waals surface area (Å²) >= 11 is 0. The first-order valence-electron chi connectivity index (χ1n) is 15.4. The lowest BCUT2D eigenvalue weighted by molar-refractivity contribution is -0.113. The Morgan fingerprint density at radius 3 is 2.54 bits per heavy atom. The summed E-state index contributed by atoms with van der Waals surface area (Å²) in [7, 11) is 4.89. The molecule has 0 aliphatic carbocycles. The molecule has 0 N–H and O–H groups in total. The van der Waals surface area contributed by atoms with Gasteiger partial charge in [-0.05, 0) is 68.3 Å². The van der Waals surface area contributed by atoms with Crippen molar-refractivity contribution >= 4 is 22.2 Å². The van der Waals surface area contributed by atoms with E-state index in [1.165, 1.54) is 9.08 Å². The van der Waals surface area contributed by atoms with Crippen LogP contribution in [0.2, 0.25) is 0 Å². The van der Waals surface area contributed by atoms with E-state index in [4.69, 9.17) is 23.9 Å². The summed E-state index contributed by atoms with van der Waals surface area (Å²) in [5.74, 6) is 1.85. The van der Waals surface area contributed by atoms with Crippen LogP contribution in [0.5, 0.6) is 11.5 Å². The lowest BCUT2D eigenvalue weighted by Crippen LogP contribution is -2.52. The summed E-state index contributed by atoms with van der Waals surface area (Å²) in [5.41, 5.74) is 2.31. The number of anilines is 1. The fraction of sp³-hybridized carbons (Fsp3) is 0.412. The number of aryl methyl sites for hydroxylation is 3. The third kappa shape index (κ3) is 6.10. The highest BCUT2D eigenvalue weighted by atomic mass is 16.5. The van der Waals surface area contributed by atoms with Gasteiger partial charge in [0.25, 0.3) is 5.56 Å². The van der Waals surface area contributed by atoms with Gasteiger partial charge in [0.05, 0.1) is 43.9 Å². The van der Waals surface area contributed by atoms with Crippen molar-refractivity contribution < 1.29 is 18.9 Å². The summed E-state index contributed by atoms with van der Waals surface area (Å²) in [6.45, 7) is 6.64. The van der Waals surface area contributed by atoms with E-state index in [9.17, 15) is 9.59 Å². The molecule has 5 aromatic rings. The molecule has 0 spiro atoms. The predicted octanol–water partition coefficient (Wildman–Crippen LogP) is 3.34. The number of methoxy groups -OCH3 is 3. The Kier molecular flexibility index (Phi) is 8.83. The van der Waals surface area contributed by atoms with E-state index >= 15 is 0 Å². The summed E-state index contributed by atoms with van der Waals surface area (Å²) in [4.78, 5) is 34.3. The van der Waals surface area contributed by atoms with Crippen molar-refractivity contribution in [3.63, 3.8) is 0 Å². The van der Waals surface area contributed by atoms with E-state index in [1.54, 1.807) is 44.2 Å². The fourth-order valence-corrected chi connectivity index (χ4v) is 5.91. The molecular weight excluding hydrogens is 588 g/mol. The summed E-state index contributed by atoms with van der Waals surface area (Å²) in [5, 5.41) is 5.01. The molecule has 0 bridgehead atoms. The largest absolute Gasteiger partial charge is 0.493 e. The average molecular weight is 629 g/mol. The molecule has 46 heavy (non-hydrogen) atoms. The van der Waals surface area contributed by atoms with Gasteiger partial charge < -0.3 is 23.8 Å². The van der Waals surface area contributed by atoms with Crippen LogP contribution in [0, 0.1) is 0 Å². The minimum atomic E-state index is -0.446. The van der Waals surface area contributed by atoms with Crippen LogP contribution in [-0.4, -0.2) is 76.5 Å². The average Bonchev–Trinajstić information content (AvgIpc) is 3.41. The molecule has 4 heterocycles. The molecule has 3 aromatic heterocycles. The fourth-order valence-electron chi connectivity index (χ4n) is 5.91. The third-order valence-corrected chi connectivity index (χ3v) is 8.86. The van der Waals surface area contributed by atoms with Crippen LogP contribution in [0.25, 0.3) is 16.6 Å². The van der Waals surface area contributed by atoms with Crippen LogP contribution in [0.3, 0.4) is 0 Å². The molecule has 242 valence electrons. The van der Waals surface area contributed by atoms with Gasteiger partial charge in [0.2, 0.25) is 0 Å². The zero-order valence-corrected chi connectivity index (χ0v) is 26.9. The number of hydrogen-bond donors (Lipinski definition) is 0. The zero-order valence-electron chi connectivity index (χ0n) is 26.9. The van der Waals surface area contributed by atoms with Gasteiger partial charge in [-0.25, -0.2) is 14.5 Å². The van der Waals surface area contributed by atoms with E-state index in [1.807, 2.05) is 56.3 Å². The highest BCUT2D eigenvalue weighted by Crippen LogP contribution is 2.29. The molecule has 12 heteroatoms. The van der Waals surface area contributed by atoms with E-state index in [-0.39, 0.29) is 23.9 Å². The Morgan fingerprint density at radius 2 is 1.78 bits per heavy atom. The van der Waals surface area contributed by atoms with Gasteiger partial charge in [0.15, 0.2) is 17.1 Å². The van der Waals surface area contributed by atoms with Crippen LogP contribution in [0.15, 0.2) is 70.4 Å². The maximum atomic E-state index is 14.1. The Labute approximate surface area is 266 Å². The molecule has 6 rings (SSSR count). The second-order valence-corrected chi connectivity index (χ2v) is 11.9. The van der Waals surface area contributed by atoms with Crippen LogP contribution in [0.1, 0.15) is 25.2 Å². The molecule has 2 aromatic carbocycles. The quantitative estimate of drug-likeness (QED) is 0.217. The SMILES string of the molecule is COc1ccc(CCn2c(CCn3nc4ccccn4c3=O)nc3cc(N4CCOC(C(C)(C)OC)C4)ccc3c2=O)cc1OC. The van der Waals surface area contributed by atoms with Crippen LogP contribution >= 0.6 is 0 Å². The molecule has 1 unspecified atom stereocenters. The molecule has 1 aliphatic heterocycles. The number of pyridine rings is 1. The number of nitrogens with zero attached hydrogens (tertiary/aromatic N) is 6. The predicted molar refractivity (Wildman–Crippen MR) is 175 cm³/mol. The summed E-state index contributed by atoms with van der Waals surface area (Å²) in [6, 6.07) is 17.0. The monoisotopic (exact) mass is 628 g/mol. The van der Waals surface area contributed by atoms with E-state index in [0.29, 0.717) is 73.0 Å².